The van der Waals surface area contributed by atoms with E-state index in [0.717, 1.165) is 11.3 Å². The minimum Gasteiger partial charge on any atom is -0.481 e. The summed E-state index contributed by atoms with van der Waals surface area (Å²) < 4.78 is 0. The van der Waals surface area contributed by atoms with Gasteiger partial charge in [-0.1, -0.05) is 13.8 Å². The molecule has 6 heteroatoms. The number of hydrogen-bond donors (Lipinski definition) is 2. The Bertz CT molecular complexity index is 397. The third kappa shape index (κ3) is 2.76. The van der Waals surface area contributed by atoms with Crippen LogP contribution in [-0.2, 0) is 11.2 Å². The Morgan fingerprint density at radius 2 is 2.00 bits per heavy atom. The standard InChI is InChI=1S/C9H11NO4S/c1-4(2)8-10-7(9(13)14)5(15-8)3-6(11)12/h4H,3H2,1-2H3,(H,11,12)(H,13,14). The number of carboxylic acid groups (broad SMARTS) is 2. The highest BCUT2D eigenvalue weighted by Crippen LogP contribution is 2.25. The van der Waals surface area contributed by atoms with Crippen LogP contribution >= 0.6 is 11.3 Å². The maximum atomic E-state index is 10.8. The Kier molecular flexibility index (Phi) is 3.41. The highest BCUT2D eigenvalue weighted by atomic mass is 32.1. The summed E-state index contributed by atoms with van der Waals surface area (Å²) >= 11 is 1.15. The second kappa shape index (κ2) is 4.39. The molecule has 5 nitrogen and oxygen atoms in total. The Hall–Kier alpha value is -1.43. The monoisotopic (exact) mass is 229 g/mol. The molecule has 1 heterocycles. The summed E-state index contributed by atoms with van der Waals surface area (Å²) in [6, 6.07) is 0. The molecule has 0 saturated heterocycles. The summed E-state index contributed by atoms with van der Waals surface area (Å²) in [5.41, 5.74) is -0.133. The van der Waals surface area contributed by atoms with E-state index in [1.54, 1.807) is 0 Å². The molecule has 0 bridgehead atoms. The fraction of sp³-hybridized carbons (Fsp3) is 0.444. The van der Waals surface area contributed by atoms with E-state index in [4.69, 9.17) is 10.2 Å². The third-order valence-corrected chi connectivity index (χ3v) is 3.08. The van der Waals surface area contributed by atoms with Crippen molar-refractivity contribution in [3.8, 4) is 0 Å². The number of hydrogen-bond acceptors (Lipinski definition) is 4. The van der Waals surface area contributed by atoms with Crippen LogP contribution in [0.5, 0.6) is 0 Å². The van der Waals surface area contributed by atoms with E-state index in [0.29, 0.717) is 9.88 Å². The van der Waals surface area contributed by atoms with E-state index in [1.165, 1.54) is 0 Å². The van der Waals surface area contributed by atoms with Crippen LogP contribution in [0.3, 0.4) is 0 Å². The van der Waals surface area contributed by atoms with Crippen molar-refractivity contribution >= 4 is 23.3 Å². The molecule has 0 aliphatic heterocycles. The van der Waals surface area contributed by atoms with Crippen molar-refractivity contribution in [1.82, 2.24) is 4.98 Å². The molecule has 0 aromatic carbocycles. The van der Waals surface area contributed by atoms with Gasteiger partial charge in [0.25, 0.3) is 0 Å². The Morgan fingerprint density at radius 3 is 2.40 bits per heavy atom. The Morgan fingerprint density at radius 1 is 1.40 bits per heavy atom. The maximum Gasteiger partial charge on any atom is 0.355 e. The van der Waals surface area contributed by atoms with Gasteiger partial charge in [0.1, 0.15) is 0 Å². The maximum absolute atomic E-state index is 10.8. The second-order valence-electron chi connectivity index (χ2n) is 3.35. The summed E-state index contributed by atoms with van der Waals surface area (Å²) in [5.74, 6) is -2.11. The van der Waals surface area contributed by atoms with Crippen molar-refractivity contribution in [3.63, 3.8) is 0 Å². The molecule has 0 aliphatic carbocycles. The van der Waals surface area contributed by atoms with Crippen molar-refractivity contribution in [3.05, 3.63) is 15.6 Å². The fourth-order valence-corrected chi connectivity index (χ4v) is 2.09. The second-order valence-corrected chi connectivity index (χ2v) is 4.47. The molecule has 0 fully saturated rings. The van der Waals surface area contributed by atoms with Crippen LogP contribution < -0.4 is 0 Å². The zero-order valence-electron chi connectivity index (χ0n) is 8.35. The van der Waals surface area contributed by atoms with Crippen LogP contribution in [0.25, 0.3) is 0 Å². The van der Waals surface area contributed by atoms with E-state index in [1.807, 2.05) is 13.8 Å². The molecule has 82 valence electrons. The summed E-state index contributed by atoms with van der Waals surface area (Å²) in [4.78, 5) is 25.5. The first kappa shape index (κ1) is 11.6. The molecular formula is C9H11NO4S. The first-order chi connectivity index (χ1) is 6.91. The molecule has 0 amide bonds. The quantitative estimate of drug-likeness (QED) is 0.818. The van der Waals surface area contributed by atoms with Crippen LogP contribution in [0.1, 0.15) is 40.1 Å². The number of carbonyl (C=O) groups is 2. The summed E-state index contributed by atoms with van der Waals surface area (Å²) in [6.07, 6.45) is -0.286. The fourth-order valence-electron chi connectivity index (χ4n) is 1.04. The number of rotatable bonds is 4. The molecule has 15 heavy (non-hydrogen) atoms. The lowest BCUT2D eigenvalue weighted by Gasteiger charge is -1.94. The van der Waals surface area contributed by atoms with Crippen molar-refractivity contribution < 1.29 is 19.8 Å². The highest BCUT2D eigenvalue weighted by Gasteiger charge is 2.20. The summed E-state index contributed by atoms with van der Waals surface area (Å²) in [5, 5.41) is 18.1. The van der Waals surface area contributed by atoms with Crippen molar-refractivity contribution in [2.45, 2.75) is 26.2 Å². The zero-order valence-corrected chi connectivity index (χ0v) is 9.17. The highest BCUT2D eigenvalue weighted by molar-refractivity contribution is 7.12. The minimum atomic E-state index is -1.17. The van der Waals surface area contributed by atoms with Gasteiger partial charge in [0, 0.05) is 5.92 Å². The lowest BCUT2D eigenvalue weighted by molar-refractivity contribution is -0.136. The lowest BCUT2D eigenvalue weighted by Crippen LogP contribution is -2.05. The minimum absolute atomic E-state index is 0.107. The van der Waals surface area contributed by atoms with E-state index < -0.39 is 11.9 Å². The van der Waals surface area contributed by atoms with Gasteiger partial charge >= 0.3 is 11.9 Å². The molecule has 0 saturated carbocycles. The smallest absolute Gasteiger partial charge is 0.355 e. The number of aliphatic carboxylic acids is 1. The van der Waals surface area contributed by atoms with Gasteiger partial charge in [-0.25, -0.2) is 9.78 Å². The van der Waals surface area contributed by atoms with Gasteiger partial charge in [-0.15, -0.1) is 11.3 Å². The normalized spacial score (nSPS) is 10.6. The van der Waals surface area contributed by atoms with E-state index in [9.17, 15) is 9.59 Å². The van der Waals surface area contributed by atoms with Crippen molar-refractivity contribution in [1.29, 1.82) is 0 Å². The van der Waals surface area contributed by atoms with Crippen molar-refractivity contribution in [2.24, 2.45) is 0 Å². The van der Waals surface area contributed by atoms with Gasteiger partial charge in [0.05, 0.1) is 16.3 Å². The molecule has 0 aliphatic rings. The predicted molar refractivity (Wildman–Crippen MR) is 54.5 cm³/mol. The zero-order chi connectivity index (χ0) is 11.6. The van der Waals surface area contributed by atoms with E-state index >= 15 is 0 Å². The average Bonchev–Trinajstić information content (AvgIpc) is 2.46. The SMILES string of the molecule is CC(C)c1nc(C(=O)O)c(CC(=O)O)s1. The predicted octanol–water partition coefficient (Wildman–Crippen LogP) is 1.59. The molecule has 0 unspecified atom stereocenters. The van der Waals surface area contributed by atoms with Crippen LogP contribution in [0, 0.1) is 0 Å². The average molecular weight is 229 g/mol. The van der Waals surface area contributed by atoms with Gasteiger partial charge < -0.3 is 10.2 Å². The molecule has 1 rings (SSSR count). The molecule has 1 aromatic heterocycles. The first-order valence-electron chi connectivity index (χ1n) is 4.36. The molecule has 0 spiro atoms. The number of nitrogens with zero attached hydrogens (tertiary/aromatic N) is 1. The summed E-state index contributed by atoms with van der Waals surface area (Å²) in [7, 11) is 0. The van der Waals surface area contributed by atoms with Gasteiger partial charge in [-0.3, -0.25) is 4.79 Å². The molecular weight excluding hydrogens is 218 g/mol. The number of aromatic carboxylic acids is 1. The van der Waals surface area contributed by atoms with Gasteiger partial charge in [0.2, 0.25) is 0 Å². The van der Waals surface area contributed by atoms with Gasteiger partial charge in [-0.2, -0.15) is 0 Å². The van der Waals surface area contributed by atoms with Crippen LogP contribution in [0.4, 0.5) is 0 Å². The van der Waals surface area contributed by atoms with Crippen LogP contribution in [0.2, 0.25) is 0 Å². The number of aromatic nitrogens is 1. The van der Waals surface area contributed by atoms with E-state index in [2.05, 4.69) is 4.98 Å². The molecule has 0 atom stereocenters. The number of carboxylic acids is 2. The van der Waals surface area contributed by atoms with Crippen LogP contribution in [-0.4, -0.2) is 27.1 Å². The first-order valence-corrected chi connectivity index (χ1v) is 5.18. The molecule has 1 aromatic rings. The van der Waals surface area contributed by atoms with E-state index in [-0.39, 0.29) is 18.0 Å². The molecule has 2 N–H and O–H groups in total. The van der Waals surface area contributed by atoms with Crippen molar-refractivity contribution in [2.75, 3.05) is 0 Å². The largest absolute Gasteiger partial charge is 0.481 e. The Labute approximate surface area is 90.4 Å². The Balaban J connectivity index is 3.11. The number of thiazole rings is 1. The van der Waals surface area contributed by atoms with Gasteiger partial charge in [-0.05, 0) is 0 Å². The topological polar surface area (TPSA) is 87.5 Å². The van der Waals surface area contributed by atoms with Crippen LogP contribution in [0.15, 0.2) is 0 Å². The molecule has 0 radical (unpaired) electrons. The third-order valence-electron chi connectivity index (χ3n) is 1.72. The summed E-state index contributed by atoms with van der Waals surface area (Å²) in [6.45, 7) is 3.77. The lowest BCUT2D eigenvalue weighted by atomic mass is 10.2. The van der Waals surface area contributed by atoms with Gasteiger partial charge in [0.15, 0.2) is 5.69 Å².